The Hall–Kier alpha value is -0.280. The van der Waals surface area contributed by atoms with Crippen molar-refractivity contribution >= 4 is 18.4 Å². The van der Waals surface area contributed by atoms with Gasteiger partial charge in [0.1, 0.15) is 12.1 Å². The minimum Gasteiger partial charge on any atom is -0.461 e. The molecule has 1 heterocycles. The third-order valence-corrected chi connectivity index (χ3v) is 1.88. The molecule has 10 heavy (non-hydrogen) atoms. The first-order valence-electron chi connectivity index (χ1n) is 3.09. The molecule has 60 valence electrons. The molecule has 3 nitrogen and oxygen atoms in total. The Balaban J connectivity index is 0.000000810. The van der Waals surface area contributed by atoms with Crippen molar-refractivity contribution in [1.29, 1.82) is 0 Å². The highest BCUT2D eigenvalue weighted by Crippen LogP contribution is 2.19. The van der Waals surface area contributed by atoms with Gasteiger partial charge in [-0.05, 0) is 6.92 Å². The zero-order valence-electron chi connectivity index (χ0n) is 6.03. The summed E-state index contributed by atoms with van der Waals surface area (Å²) in [5.41, 5.74) is 5.44. The molecule has 0 aromatic carbocycles. The van der Waals surface area contributed by atoms with Crippen LogP contribution in [0.15, 0.2) is 0 Å². The summed E-state index contributed by atoms with van der Waals surface area (Å²) in [5, 5.41) is 0. The molecule has 1 saturated heterocycles. The second-order valence-corrected chi connectivity index (χ2v) is 2.53. The minimum absolute atomic E-state index is 0. The average Bonchev–Trinajstić information content (AvgIpc) is 1.98. The average molecular weight is 166 g/mol. The first kappa shape index (κ1) is 9.72. The fourth-order valence-corrected chi connectivity index (χ4v) is 0.876. The summed E-state index contributed by atoms with van der Waals surface area (Å²) >= 11 is 0. The third kappa shape index (κ3) is 1.41. The van der Waals surface area contributed by atoms with E-state index < -0.39 is 6.04 Å². The molecule has 0 aromatic heterocycles. The summed E-state index contributed by atoms with van der Waals surface area (Å²) in [4.78, 5) is 10.6. The molecule has 1 aliphatic heterocycles. The topological polar surface area (TPSA) is 52.3 Å². The van der Waals surface area contributed by atoms with Crippen LogP contribution in [-0.4, -0.2) is 18.1 Å². The summed E-state index contributed by atoms with van der Waals surface area (Å²) < 4.78 is 4.82. The maximum absolute atomic E-state index is 10.6. The zero-order chi connectivity index (χ0) is 7.02. The van der Waals surface area contributed by atoms with Crippen molar-refractivity contribution < 1.29 is 9.53 Å². The van der Waals surface area contributed by atoms with Crippen LogP contribution < -0.4 is 5.73 Å². The quantitative estimate of drug-likeness (QED) is 0.526. The zero-order valence-corrected chi connectivity index (χ0v) is 6.85. The van der Waals surface area contributed by atoms with Crippen LogP contribution in [0.2, 0.25) is 0 Å². The molecule has 4 heteroatoms. The molecule has 3 atom stereocenters. The van der Waals surface area contributed by atoms with Gasteiger partial charge in [-0.2, -0.15) is 0 Å². The van der Waals surface area contributed by atoms with E-state index in [4.69, 9.17) is 10.5 Å². The lowest BCUT2D eigenvalue weighted by atomic mass is 10.0. The van der Waals surface area contributed by atoms with E-state index in [0.717, 1.165) is 0 Å². The van der Waals surface area contributed by atoms with Gasteiger partial charge in [-0.15, -0.1) is 12.4 Å². The van der Waals surface area contributed by atoms with Gasteiger partial charge in [0, 0.05) is 5.92 Å². The first-order chi connectivity index (χ1) is 4.13. The lowest BCUT2D eigenvalue weighted by molar-refractivity contribution is -0.141. The largest absolute Gasteiger partial charge is 0.461 e. The van der Waals surface area contributed by atoms with Crippen LogP contribution in [0.5, 0.6) is 0 Å². The van der Waals surface area contributed by atoms with Crippen LogP contribution >= 0.6 is 12.4 Å². The number of ether oxygens (including phenoxy) is 1. The van der Waals surface area contributed by atoms with Crippen LogP contribution in [0.4, 0.5) is 0 Å². The summed E-state index contributed by atoms with van der Waals surface area (Å²) in [6, 6.07) is -0.403. The number of hydrogen-bond donors (Lipinski definition) is 1. The monoisotopic (exact) mass is 165 g/mol. The van der Waals surface area contributed by atoms with Crippen LogP contribution in [-0.2, 0) is 9.53 Å². The molecule has 0 aliphatic carbocycles. The van der Waals surface area contributed by atoms with Gasteiger partial charge in [0.05, 0.1) is 0 Å². The van der Waals surface area contributed by atoms with Gasteiger partial charge < -0.3 is 10.5 Å². The fraction of sp³-hybridized carbons (Fsp3) is 0.833. The van der Waals surface area contributed by atoms with Crippen LogP contribution in [0.1, 0.15) is 13.8 Å². The van der Waals surface area contributed by atoms with Crippen LogP contribution in [0.3, 0.4) is 0 Å². The van der Waals surface area contributed by atoms with Crippen molar-refractivity contribution in [2.24, 2.45) is 11.7 Å². The van der Waals surface area contributed by atoms with E-state index in [2.05, 4.69) is 0 Å². The molecule has 0 unspecified atom stereocenters. The number of carbonyl (C=O) groups excluding carboxylic acids is 1. The minimum atomic E-state index is -0.403. The molecular weight excluding hydrogens is 154 g/mol. The molecule has 1 aliphatic rings. The Morgan fingerprint density at radius 1 is 1.50 bits per heavy atom. The molecule has 0 spiro atoms. The van der Waals surface area contributed by atoms with Gasteiger partial charge in [-0.25, -0.2) is 0 Å². The molecule has 2 N–H and O–H groups in total. The number of esters is 1. The van der Waals surface area contributed by atoms with Gasteiger partial charge in [-0.3, -0.25) is 4.79 Å². The molecule has 0 amide bonds. The van der Waals surface area contributed by atoms with Crippen LogP contribution in [0, 0.1) is 5.92 Å². The van der Waals surface area contributed by atoms with E-state index in [1.165, 1.54) is 0 Å². The Bertz CT molecular complexity index is 140. The normalized spacial score (nSPS) is 38.7. The Morgan fingerprint density at radius 3 is 2.10 bits per heavy atom. The predicted octanol–water partition coefficient (Wildman–Crippen LogP) is 0.317. The Morgan fingerprint density at radius 2 is 2.00 bits per heavy atom. The maximum atomic E-state index is 10.6. The van der Waals surface area contributed by atoms with Crippen molar-refractivity contribution in [2.75, 3.05) is 0 Å². The lowest BCUT2D eigenvalue weighted by Crippen LogP contribution is -2.31. The van der Waals surface area contributed by atoms with E-state index >= 15 is 0 Å². The SMILES string of the molecule is C[C@H]1[C@H](N)C(=O)O[C@@H]1C.Cl. The number of rotatable bonds is 0. The second-order valence-electron chi connectivity index (χ2n) is 2.53. The van der Waals surface area contributed by atoms with Crippen molar-refractivity contribution in [3.63, 3.8) is 0 Å². The van der Waals surface area contributed by atoms with Gasteiger partial charge >= 0.3 is 5.97 Å². The number of nitrogens with two attached hydrogens (primary N) is 1. The molecular formula is C6H12ClNO2. The van der Waals surface area contributed by atoms with Gasteiger partial charge in [0.25, 0.3) is 0 Å². The van der Waals surface area contributed by atoms with Crippen LogP contribution in [0.25, 0.3) is 0 Å². The third-order valence-electron chi connectivity index (χ3n) is 1.88. The number of halogens is 1. The molecule has 1 rings (SSSR count). The highest BCUT2D eigenvalue weighted by Gasteiger charge is 2.36. The number of hydrogen-bond acceptors (Lipinski definition) is 3. The lowest BCUT2D eigenvalue weighted by Gasteiger charge is -2.06. The summed E-state index contributed by atoms with van der Waals surface area (Å²) in [5.74, 6) is -0.104. The maximum Gasteiger partial charge on any atom is 0.323 e. The fourth-order valence-electron chi connectivity index (χ4n) is 0.876. The standard InChI is InChI=1S/C6H11NO2.ClH/c1-3-4(2)9-6(8)5(3)7;/h3-5H,7H2,1-2H3;1H/t3-,4-,5+;/m1./s1. The highest BCUT2D eigenvalue weighted by molar-refractivity contribution is 5.85. The Kier molecular flexibility index (Phi) is 3.12. The molecule has 0 saturated carbocycles. The molecule has 0 radical (unpaired) electrons. The van der Waals surface area contributed by atoms with Gasteiger partial charge in [-0.1, -0.05) is 6.92 Å². The van der Waals surface area contributed by atoms with Crippen molar-refractivity contribution in [3.8, 4) is 0 Å². The van der Waals surface area contributed by atoms with E-state index in [1.54, 1.807) is 0 Å². The van der Waals surface area contributed by atoms with Gasteiger partial charge in [0.2, 0.25) is 0 Å². The van der Waals surface area contributed by atoms with Crippen molar-refractivity contribution in [3.05, 3.63) is 0 Å². The molecule has 1 fully saturated rings. The molecule has 0 bridgehead atoms. The number of cyclic esters (lactones) is 1. The summed E-state index contributed by atoms with van der Waals surface area (Å²) in [6.07, 6.45) is -0.00694. The van der Waals surface area contributed by atoms with Gasteiger partial charge in [0.15, 0.2) is 0 Å². The summed E-state index contributed by atoms with van der Waals surface area (Å²) in [6.45, 7) is 3.77. The van der Waals surface area contributed by atoms with Crippen molar-refractivity contribution in [2.45, 2.75) is 26.0 Å². The first-order valence-corrected chi connectivity index (χ1v) is 3.09. The van der Waals surface area contributed by atoms with E-state index in [1.807, 2.05) is 13.8 Å². The smallest absolute Gasteiger partial charge is 0.323 e. The molecule has 0 aromatic rings. The second kappa shape index (κ2) is 3.21. The number of carbonyl (C=O) groups is 1. The van der Waals surface area contributed by atoms with E-state index in [-0.39, 0.29) is 30.4 Å². The van der Waals surface area contributed by atoms with Crippen molar-refractivity contribution in [1.82, 2.24) is 0 Å². The van der Waals surface area contributed by atoms with E-state index in [9.17, 15) is 4.79 Å². The summed E-state index contributed by atoms with van der Waals surface area (Å²) in [7, 11) is 0. The Labute approximate surface area is 66.3 Å². The predicted molar refractivity (Wildman–Crippen MR) is 39.9 cm³/mol. The highest BCUT2D eigenvalue weighted by atomic mass is 35.5. The van der Waals surface area contributed by atoms with E-state index in [0.29, 0.717) is 0 Å².